The first-order valence-electron chi connectivity index (χ1n) is 12.7. The molecule has 0 saturated carbocycles. The summed E-state index contributed by atoms with van der Waals surface area (Å²) >= 11 is 19.3. The van der Waals surface area contributed by atoms with Gasteiger partial charge < -0.3 is 14.2 Å². The number of amides is 1. The fraction of sp³-hybridized carbons (Fsp3) is 0.226. The monoisotopic (exact) mass is 630 g/mol. The summed E-state index contributed by atoms with van der Waals surface area (Å²) in [6, 6.07) is 17.9. The number of hydrogen-bond donors (Lipinski definition) is 0. The molecule has 0 saturated heterocycles. The zero-order chi connectivity index (χ0) is 30.8. The van der Waals surface area contributed by atoms with E-state index in [-0.39, 0.29) is 22.7 Å². The van der Waals surface area contributed by atoms with Crippen molar-refractivity contribution in [3.05, 3.63) is 94.8 Å². The molecule has 4 aromatic rings. The van der Waals surface area contributed by atoms with Crippen LogP contribution in [-0.4, -0.2) is 39.3 Å². The van der Waals surface area contributed by atoms with Gasteiger partial charge in [-0.15, -0.1) is 0 Å². The van der Waals surface area contributed by atoms with Gasteiger partial charge in [-0.25, -0.2) is 9.18 Å². The Morgan fingerprint density at radius 2 is 1.64 bits per heavy atom. The van der Waals surface area contributed by atoms with Crippen molar-refractivity contribution < 1.29 is 28.0 Å². The number of nitrogens with zero attached hydrogens (tertiary/aromatic N) is 2. The SMILES string of the molecule is CC(=O)N(CC(Cl)(Cl)C(=O)c1ccc(F)cc1)c1cccc(-c2cc(-c3c(Cl)cccc3C(=O)OC(C)(C)C)no2)c1. The van der Waals surface area contributed by atoms with Crippen LogP contribution in [0.1, 0.15) is 48.4 Å². The number of carbonyl (C=O) groups excluding carboxylic acids is 3. The Labute approximate surface area is 257 Å². The molecule has 0 spiro atoms. The summed E-state index contributed by atoms with van der Waals surface area (Å²) < 4.78 is 22.4. The molecule has 0 atom stereocenters. The number of alkyl halides is 2. The minimum Gasteiger partial charge on any atom is -0.456 e. The van der Waals surface area contributed by atoms with Gasteiger partial charge in [0.2, 0.25) is 11.7 Å². The minimum atomic E-state index is -2.03. The summed E-state index contributed by atoms with van der Waals surface area (Å²) in [5.41, 5.74) is 1.15. The van der Waals surface area contributed by atoms with Crippen molar-refractivity contribution in [2.45, 2.75) is 37.6 Å². The number of hydrogen-bond acceptors (Lipinski definition) is 6. The number of ketones is 1. The Kier molecular flexibility index (Phi) is 9.11. The van der Waals surface area contributed by atoms with Gasteiger partial charge in [0.05, 0.1) is 17.1 Å². The average Bonchev–Trinajstić information content (AvgIpc) is 3.40. The predicted molar refractivity (Wildman–Crippen MR) is 161 cm³/mol. The van der Waals surface area contributed by atoms with Gasteiger partial charge >= 0.3 is 5.97 Å². The lowest BCUT2D eigenvalue weighted by Gasteiger charge is -2.28. The number of Topliss-reactive ketones (excluding diaryl/α,β-unsaturated/α-hetero) is 1. The summed E-state index contributed by atoms with van der Waals surface area (Å²) in [5.74, 6) is -1.88. The highest BCUT2D eigenvalue weighted by molar-refractivity contribution is 6.60. The second kappa shape index (κ2) is 12.3. The molecule has 0 bridgehead atoms. The molecule has 4 rings (SSSR count). The standard InChI is InChI=1S/C31H26Cl3FN2O5/c1-18(38)37(17-31(33,34)28(39)19-11-13-21(35)14-12-19)22-8-5-7-20(15-22)26-16-25(36-42-26)27-23(9-6-10-24(27)32)29(40)41-30(2,3)4/h5-16H,17H2,1-4H3. The highest BCUT2D eigenvalue weighted by Crippen LogP contribution is 2.36. The topological polar surface area (TPSA) is 89.7 Å². The molecule has 1 amide bonds. The Balaban J connectivity index is 1.64. The molecule has 0 aliphatic heterocycles. The van der Waals surface area contributed by atoms with Crippen LogP contribution in [0.25, 0.3) is 22.6 Å². The molecule has 7 nitrogen and oxygen atoms in total. The molecule has 11 heteroatoms. The molecular formula is C31H26Cl3FN2O5. The van der Waals surface area contributed by atoms with Crippen LogP contribution in [-0.2, 0) is 9.53 Å². The van der Waals surface area contributed by atoms with E-state index in [4.69, 9.17) is 44.1 Å². The number of ether oxygens (including phenoxy) is 1. The van der Waals surface area contributed by atoms with Crippen molar-refractivity contribution >= 4 is 58.1 Å². The molecule has 1 aromatic heterocycles. The van der Waals surface area contributed by atoms with Crippen LogP contribution in [0.4, 0.5) is 10.1 Å². The van der Waals surface area contributed by atoms with Crippen LogP contribution >= 0.6 is 34.8 Å². The molecule has 0 aliphatic carbocycles. The number of esters is 1. The molecule has 0 aliphatic rings. The summed E-state index contributed by atoms with van der Waals surface area (Å²) in [6.45, 7) is 6.21. The van der Waals surface area contributed by atoms with Gasteiger partial charge in [-0.3, -0.25) is 9.59 Å². The first-order valence-corrected chi connectivity index (χ1v) is 13.9. The highest BCUT2D eigenvalue weighted by atomic mass is 35.5. The lowest BCUT2D eigenvalue weighted by atomic mass is 10.0. The van der Waals surface area contributed by atoms with Crippen molar-refractivity contribution in [3.63, 3.8) is 0 Å². The first kappa shape index (κ1) is 31.2. The fourth-order valence-electron chi connectivity index (χ4n) is 4.11. The van der Waals surface area contributed by atoms with E-state index in [1.807, 2.05) is 0 Å². The number of benzene rings is 3. The molecule has 1 heterocycles. The van der Waals surface area contributed by atoms with Crippen molar-refractivity contribution in [2.75, 3.05) is 11.4 Å². The van der Waals surface area contributed by atoms with Gasteiger partial charge in [0.25, 0.3) is 0 Å². The van der Waals surface area contributed by atoms with Crippen molar-refractivity contribution in [3.8, 4) is 22.6 Å². The zero-order valence-electron chi connectivity index (χ0n) is 23.1. The van der Waals surface area contributed by atoms with Gasteiger partial charge in [-0.05, 0) is 69.3 Å². The van der Waals surface area contributed by atoms with Gasteiger partial charge in [0.15, 0.2) is 10.1 Å². The number of anilines is 1. The Hall–Kier alpha value is -3.72. The number of carbonyl (C=O) groups is 3. The van der Waals surface area contributed by atoms with E-state index in [0.717, 1.165) is 12.1 Å². The lowest BCUT2D eigenvalue weighted by molar-refractivity contribution is -0.116. The minimum absolute atomic E-state index is 0.0955. The molecule has 0 unspecified atom stereocenters. The maximum atomic E-state index is 13.3. The van der Waals surface area contributed by atoms with Gasteiger partial charge in [0.1, 0.15) is 17.1 Å². The third-order valence-corrected chi connectivity index (χ3v) is 6.91. The van der Waals surface area contributed by atoms with Crippen LogP contribution in [0, 0.1) is 5.82 Å². The molecule has 0 N–H and O–H groups in total. The summed E-state index contributed by atoms with van der Waals surface area (Å²) in [7, 11) is 0. The number of rotatable bonds is 8. The van der Waals surface area contributed by atoms with Crippen molar-refractivity contribution in [2.24, 2.45) is 0 Å². The lowest BCUT2D eigenvalue weighted by Crippen LogP contribution is -2.43. The summed E-state index contributed by atoms with van der Waals surface area (Å²) in [6.07, 6.45) is 0. The van der Waals surface area contributed by atoms with Crippen molar-refractivity contribution in [1.29, 1.82) is 0 Å². The molecule has 42 heavy (non-hydrogen) atoms. The number of aromatic nitrogens is 1. The van der Waals surface area contributed by atoms with E-state index >= 15 is 0 Å². The van der Waals surface area contributed by atoms with E-state index < -0.39 is 33.4 Å². The van der Waals surface area contributed by atoms with E-state index in [2.05, 4.69) is 5.16 Å². The maximum absolute atomic E-state index is 13.3. The molecule has 218 valence electrons. The maximum Gasteiger partial charge on any atom is 0.339 e. The Bertz CT molecular complexity index is 1650. The molecule has 0 fully saturated rings. The van der Waals surface area contributed by atoms with Crippen LogP contribution < -0.4 is 4.90 Å². The van der Waals surface area contributed by atoms with Crippen LogP contribution in [0.5, 0.6) is 0 Å². The third kappa shape index (κ3) is 7.18. The molecular weight excluding hydrogens is 606 g/mol. The van der Waals surface area contributed by atoms with E-state index in [0.29, 0.717) is 28.3 Å². The second-order valence-electron chi connectivity index (χ2n) is 10.4. The van der Waals surface area contributed by atoms with E-state index in [1.165, 1.54) is 24.0 Å². The quantitative estimate of drug-likeness (QED) is 0.111. The Morgan fingerprint density at radius 1 is 0.976 bits per heavy atom. The second-order valence-corrected chi connectivity index (χ2v) is 12.3. The first-order chi connectivity index (χ1) is 19.7. The molecule has 0 radical (unpaired) electrons. The number of halogens is 4. The largest absolute Gasteiger partial charge is 0.456 e. The normalized spacial score (nSPS) is 11.7. The summed E-state index contributed by atoms with van der Waals surface area (Å²) in [4.78, 5) is 39.8. The van der Waals surface area contributed by atoms with Crippen LogP contribution in [0.2, 0.25) is 5.02 Å². The third-order valence-electron chi connectivity index (χ3n) is 6.02. The highest BCUT2D eigenvalue weighted by Gasteiger charge is 2.38. The Morgan fingerprint density at radius 3 is 2.29 bits per heavy atom. The van der Waals surface area contributed by atoms with E-state index in [1.54, 1.807) is 69.3 Å². The van der Waals surface area contributed by atoms with E-state index in [9.17, 15) is 18.8 Å². The van der Waals surface area contributed by atoms with Gasteiger partial charge in [0, 0.05) is 35.4 Å². The fourth-order valence-corrected chi connectivity index (χ4v) is 4.84. The van der Waals surface area contributed by atoms with Crippen LogP contribution in [0.15, 0.2) is 77.3 Å². The average molecular weight is 632 g/mol. The summed E-state index contributed by atoms with van der Waals surface area (Å²) in [5, 5.41) is 4.41. The smallest absolute Gasteiger partial charge is 0.339 e. The van der Waals surface area contributed by atoms with Crippen molar-refractivity contribution in [1.82, 2.24) is 5.16 Å². The van der Waals surface area contributed by atoms with Gasteiger partial charge in [-0.1, -0.05) is 58.2 Å². The zero-order valence-corrected chi connectivity index (χ0v) is 25.4. The van der Waals surface area contributed by atoms with Crippen LogP contribution in [0.3, 0.4) is 0 Å². The molecule has 3 aromatic carbocycles. The predicted octanol–water partition coefficient (Wildman–Crippen LogP) is 8.17. The van der Waals surface area contributed by atoms with Gasteiger partial charge in [-0.2, -0.15) is 0 Å².